The van der Waals surface area contributed by atoms with Crippen molar-refractivity contribution in [1.82, 2.24) is 9.97 Å². The molecule has 0 saturated heterocycles. The molecule has 7 nitrogen and oxygen atoms in total. The molecule has 0 aliphatic rings. The van der Waals surface area contributed by atoms with Gasteiger partial charge in [-0.25, -0.2) is 14.8 Å². The van der Waals surface area contributed by atoms with Crippen LogP contribution in [0, 0.1) is 0 Å². The van der Waals surface area contributed by atoms with Gasteiger partial charge in [-0.3, -0.25) is 0 Å². The summed E-state index contributed by atoms with van der Waals surface area (Å²) in [5.74, 6) is -0.425. The van der Waals surface area contributed by atoms with Gasteiger partial charge in [-0.1, -0.05) is 11.8 Å². The fourth-order valence-corrected chi connectivity index (χ4v) is 2.13. The molecular formula is C15H23N3O4S. The van der Waals surface area contributed by atoms with Crippen LogP contribution in [0.25, 0.3) is 6.08 Å². The van der Waals surface area contributed by atoms with Gasteiger partial charge in [0.05, 0.1) is 0 Å². The SMILES string of the molecule is CCOC(CCNc1nc(SC)ncc1/C=C/C(=O)O)OCC. The first kappa shape index (κ1) is 19.4. The Balaban J connectivity index is 2.74. The van der Waals surface area contributed by atoms with Crippen LogP contribution in [0.5, 0.6) is 0 Å². The summed E-state index contributed by atoms with van der Waals surface area (Å²) in [6.07, 6.45) is 6.40. The van der Waals surface area contributed by atoms with Crippen LogP contribution in [0.15, 0.2) is 17.4 Å². The van der Waals surface area contributed by atoms with E-state index in [4.69, 9.17) is 14.6 Å². The highest BCUT2D eigenvalue weighted by Gasteiger charge is 2.09. The van der Waals surface area contributed by atoms with E-state index in [1.807, 2.05) is 20.1 Å². The summed E-state index contributed by atoms with van der Waals surface area (Å²) in [6, 6.07) is 0. The molecule has 1 aromatic rings. The molecule has 0 spiro atoms. The van der Waals surface area contributed by atoms with Crippen molar-refractivity contribution in [2.24, 2.45) is 0 Å². The normalized spacial score (nSPS) is 11.3. The average Bonchev–Trinajstić information content (AvgIpc) is 2.53. The number of ether oxygens (including phenoxy) is 2. The van der Waals surface area contributed by atoms with Crippen molar-refractivity contribution >= 4 is 29.6 Å². The van der Waals surface area contributed by atoms with E-state index < -0.39 is 5.97 Å². The molecule has 0 aliphatic heterocycles. The molecule has 23 heavy (non-hydrogen) atoms. The molecule has 0 saturated carbocycles. The Labute approximate surface area is 140 Å². The zero-order valence-electron chi connectivity index (χ0n) is 13.6. The molecule has 1 rings (SSSR count). The number of hydrogen-bond acceptors (Lipinski definition) is 7. The maximum absolute atomic E-state index is 10.7. The molecular weight excluding hydrogens is 318 g/mol. The van der Waals surface area contributed by atoms with Gasteiger partial charge in [0, 0.05) is 44.0 Å². The number of carbonyl (C=O) groups is 1. The first-order valence-electron chi connectivity index (χ1n) is 7.39. The summed E-state index contributed by atoms with van der Waals surface area (Å²) in [6.45, 7) is 5.60. The van der Waals surface area contributed by atoms with Crippen molar-refractivity contribution in [3.05, 3.63) is 17.8 Å². The zero-order valence-corrected chi connectivity index (χ0v) is 14.4. The highest BCUT2D eigenvalue weighted by Crippen LogP contribution is 2.18. The quantitative estimate of drug-likeness (QED) is 0.274. The number of carboxylic acids is 1. The number of nitrogens with one attached hydrogen (secondary N) is 1. The van der Waals surface area contributed by atoms with E-state index in [1.54, 1.807) is 6.20 Å². The number of thioether (sulfide) groups is 1. The summed E-state index contributed by atoms with van der Waals surface area (Å²) < 4.78 is 11.0. The Hall–Kier alpha value is -1.64. The third-order valence-corrected chi connectivity index (χ3v) is 3.32. The van der Waals surface area contributed by atoms with Crippen LogP contribution in [0.2, 0.25) is 0 Å². The van der Waals surface area contributed by atoms with E-state index in [1.165, 1.54) is 17.8 Å². The van der Waals surface area contributed by atoms with Gasteiger partial charge < -0.3 is 19.9 Å². The second kappa shape index (κ2) is 11.0. The van der Waals surface area contributed by atoms with E-state index in [0.29, 0.717) is 42.7 Å². The van der Waals surface area contributed by atoms with Crippen LogP contribution < -0.4 is 5.32 Å². The maximum Gasteiger partial charge on any atom is 0.328 e. The number of hydrogen-bond donors (Lipinski definition) is 2. The van der Waals surface area contributed by atoms with Gasteiger partial charge in [0.15, 0.2) is 11.4 Å². The predicted molar refractivity (Wildman–Crippen MR) is 90.6 cm³/mol. The van der Waals surface area contributed by atoms with Crippen molar-refractivity contribution in [2.75, 3.05) is 31.3 Å². The summed E-state index contributed by atoms with van der Waals surface area (Å²) >= 11 is 1.42. The minimum absolute atomic E-state index is 0.266. The highest BCUT2D eigenvalue weighted by atomic mass is 32.2. The van der Waals surface area contributed by atoms with E-state index in [9.17, 15) is 4.79 Å². The van der Waals surface area contributed by atoms with Gasteiger partial charge in [0.2, 0.25) is 0 Å². The lowest BCUT2D eigenvalue weighted by atomic mass is 10.2. The fraction of sp³-hybridized carbons (Fsp3) is 0.533. The summed E-state index contributed by atoms with van der Waals surface area (Å²) in [5, 5.41) is 12.6. The van der Waals surface area contributed by atoms with Crippen molar-refractivity contribution in [3.8, 4) is 0 Å². The van der Waals surface area contributed by atoms with Crippen LogP contribution in [0.4, 0.5) is 5.82 Å². The number of nitrogens with zero attached hydrogens (tertiary/aromatic N) is 2. The number of aromatic nitrogens is 2. The minimum atomic E-state index is -1.02. The molecule has 0 aromatic carbocycles. The molecule has 0 radical (unpaired) electrons. The third-order valence-electron chi connectivity index (χ3n) is 2.76. The Morgan fingerprint density at radius 1 is 1.43 bits per heavy atom. The van der Waals surface area contributed by atoms with E-state index in [2.05, 4.69) is 15.3 Å². The third kappa shape index (κ3) is 7.45. The molecule has 0 fully saturated rings. The lowest BCUT2D eigenvalue weighted by Gasteiger charge is -2.17. The van der Waals surface area contributed by atoms with Gasteiger partial charge in [0.1, 0.15) is 5.82 Å². The number of carboxylic acid groups (broad SMARTS) is 1. The van der Waals surface area contributed by atoms with Crippen molar-refractivity contribution in [3.63, 3.8) is 0 Å². The molecule has 1 heterocycles. The molecule has 0 bridgehead atoms. The van der Waals surface area contributed by atoms with Crippen LogP contribution in [0.1, 0.15) is 25.8 Å². The smallest absolute Gasteiger partial charge is 0.328 e. The number of aliphatic carboxylic acids is 1. The Bertz CT molecular complexity index is 519. The van der Waals surface area contributed by atoms with Gasteiger partial charge in [0.25, 0.3) is 0 Å². The van der Waals surface area contributed by atoms with Gasteiger partial charge in [-0.2, -0.15) is 0 Å². The molecule has 2 N–H and O–H groups in total. The topological polar surface area (TPSA) is 93.6 Å². The van der Waals surface area contributed by atoms with Crippen LogP contribution in [-0.2, 0) is 14.3 Å². The van der Waals surface area contributed by atoms with Gasteiger partial charge >= 0.3 is 5.97 Å². The molecule has 0 unspecified atom stereocenters. The largest absolute Gasteiger partial charge is 0.478 e. The van der Waals surface area contributed by atoms with Gasteiger partial charge in [-0.05, 0) is 26.2 Å². The Morgan fingerprint density at radius 3 is 2.70 bits per heavy atom. The summed E-state index contributed by atoms with van der Waals surface area (Å²) in [4.78, 5) is 19.2. The molecule has 0 atom stereocenters. The summed E-state index contributed by atoms with van der Waals surface area (Å²) in [5.41, 5.74) is 0.620. The standard InChI is InChI=1S/C15H23N3O4S/c1-4-21-13(22-5-2)8-9-16-14-11(6-7-12(19)20)10-17-15(18-14)23-3/h6-7,10,13H,4-5,8-9H2,1-3H3,(H,19,20)(H,16,17,18)/b7-6+. The molecule has 128 valence electrons. The van der Waals surface area contributed by atoms with Crippen molar-refractivity contribution in [1.29, 1.82) is 0 Å². The minimum Gasteiger partial charge on any atom is -0.478 e. The highest BCUT2D eigenvalue weighted by molar-refractivity contribution is 7.98. The van der Waals surface area contributed by atoms with Crippen LogP contribution >= 0.6 is 11.8 Å². The van der Waals surface area contributed by atoms with Crippen molar-refractivity contribution in [2.45, 2.75) is 31.7 Å². The van der Waals surface area contributed by atoms with Crippen molar-refractivity contribution < 1.29 is 19.4 Å². The molecule has 0 aliphatic carbocycles. The Kier molecular flexibility index (Phi) is 9.27. The predicted octanol–water partition coefficient (Wildman–Crippen LogP) is 2.50. The molecule has 1 aromatic heterocycles. The second-order valence-corrected chi connectivity index (χ2v) is 5.16. The molecule has 0 amide bonds. The summed E-state index contributed by atoms with van der Waals surface area (Å²) in [7, 11) is 0. The monoisotopic (exact) mass is 341 g/mol. The number of rotatable bonds is 11. The average molecular weight is 341 g/mol. The van der Waals surface area contributed by atoms with Crippen LogP contribution in [0.3, 0.4) is 0 Å². The van der Waals surface area contributed by atoms with Crippen LogP contribution in [-0.4, -0.2) is 53.3 Å². The van der Waals surface area contributed by atoms with E-state index in [0.717, 1.165) is 6.08 Å². The first-order valence-corrected chi connectivity index (χ1v) is 8.62. The lowest BCUT2D eigenvalue weighted by molar-refractivity contribution is -0.137. The number of anilines is 1. The second-order valence-electron chi connectivity index (χ2n) is 4.39. The Morgan fingerprint density at radius 2 is 2.13 bits per heavy atom. The maximum atomic E-state index is 10.7. The molecule has 8 heteroatoms. The first-order chi connectivity index (χ1) is 11.1. The lowest BCUT2D eigenvalue weighted by Crippen LogP contribution is -2.21. The zero-order chi connectivity index (χ0) is 17.1. The fourth-order valence-electron chi connectivity index (χ4n) is 1.79. The van der Waals surface area contributed by atoms with E-state index >= 15 is 0 Å². The van der Waals surface area contributed by atoms with E-state index in [-0.39, 0.29) is 6.29 Å². The van der Waals surface area contributed by atoms with Gasteiger partial charge in [-0.15, -0.1) is 0 Å².